The maximum atomic E-state index is 6.53. The van der Waals surface area contributed by atoms with Crippen LogP contribution in [0.2, 0.25) is 0 Å². The minimum absolute atomic E-state index is 0.0427. The first kappa shape index (κ1) is 19.5. The highest BCUT2D eigenvalue weighted by Crippen LogP contribution is 2.50. The number of rotatable bonds is 6. The number of hydrogen-bond donors (Lipinski definition) is 0. The molecule has 0 amide bonds. The van der Waals surface area contributed by atoms with Crippen molar-refractivity contribution in [3.63, 3.8) is 0 Å². The zero-order valence-electron chi connectivity index (χ0n) is 18.0. The summed E-state index contributed by atoms with van der Waals surface area (Å²) in [6, 6.07) is 18.1. The minimum atomic E-state index is -0.372. The third-order valence-corrected chi connectivity index (χ3v) is 5.58. The van der Waals surface area contributed by atoms with Crippen LogP contribution in [0.4, 0.5) is 0 Å². The summed E-state index contributed by atoms with van der Waals surface area (Å²) in [5, 5.41) is 6.99. The smallest absolute Gasteiger partial charge is 0.214 e. The van der Waals surface area contributed by atoms with Crippen LogP contribution in [-0.4, -0.2) is 23.9 Å². The lowest BCUT2D eigenvalue weighted by Gasteiger charge is -2.38. The molecule has 2 aromatic carbocycles. The number of para-hydroxylation sites is 1. The van der Waals surface area contributed by atoms with E-state index in [1.54, 1.807) is 0 Å². The van der Waals surface area contributed by atoms with Crippen molar-refractivity contribution in [3.05, 3.63) is 77.2 Å². The van der Waals surface area contributed by atoms with Crippen molar-refractivity contribution in [2.45, 2.75) is 39.5 Å². The van der Waals surface area contributed by atoms with Gasteiger partial charge in [-0.1, -0.05) is 12.1 Å². The zero-order valence-corrected chi connectivity index (χ0v) is 18.0. The van der Waals surface area contributed by atoms with Gasteiger partial charge in [0, 0.05) is 17.5 Å². The van der Waals surface area contributed by atoms with Crippen molar-refractivity contribution in [1.82, 2.24) is 5.01 Å². The van der Waals surface area contributed by atoms with Gasteiger partial charge < -0.3 is 18.6 Å². The summed E-state index contributed by atoms with van der Waals surface area (Å²) in [5.74, 6) is 4.07. The molecule has 0 radical (unpaired) electrons. The van der Waals surface area contributed by atoms with E-state index in [-0.39, 0.29) is 12.3 Å². The second-order valence-electron chi connectivity index (χ2n) is 7.64. The predicted octanol–water partition coefficient (Wildman–Crippen LogP) is 5.63. The van der Waals surface area contributed by atoms with Gasteiger partial charge >= 0.3 is 0 Å². The van der Waals surface area contributed by atoms with Gasteiger partial charge in [0.1, 0.15) is 23.0 Å². The summed E-state index contributed by atoms with van der Waals surface area (Å²) in [7, 11) is 0. The Morgan fingerprint density at radius 2 is 1.81 bits per heavy atom. The van der Waals surface area contributed by atoms with E-state index >= 15 is 0 Å². The normalized spacial score (nSPS) is 19.3. The molecule has 0 fully saturated rings. The van der Waals surface area contributed by atoms with Crippen LogP contribution >= 0.6 is 0 Å². The van der Waals surface area contributed by atoms with E-state index in [1.165, 1.54) is 0 Å². The van der Waals surface area contributed by atoms with E-state index < -0.39 is 0 Å². The Hall–Kier alpha value is -3.41. The molecule has 0 saturated heterocycles. The fourth-order valence-corrected chi connectivity index (χ4v) is 4.21. The Bertz CT molecular complexity index is 1100. The van der Waals surface area contributed by atoms with Crippen LogP contribution in [0, 0.1) is 6.92 Å². The molecule has 0 N–H and O–H groups in total. The quantitative estimate of drug-likeness (QED) is 0.519. The second kappa shape index (κ2) is 8.02. The topological polar surface area (TPSA) is 56.4 Å². The Labute approximate surface area is 182 Å². The number of benzene rings is 2. The highest BCUT2D eigenvalue weighted by molar-refractivity contribution is 5.99. The van der Waals surface area contributed by atoms with Crippen molar-refractivity contribution in [2.24, 2.45) is 5.10 Å². The van der Waals surface area contributed by atoms with Crippen LogP contribution in [0.25, 0.3) is 0 Å². The van der Waals surface area contributed by atoms with Crippen LogP contribution in [0.5, 0.6) is 17.2 Å². The first-order valence-electron chi connectivity index (χ1n) is 10.8. The fourth-order valence-electron chi connectivity index (χ4n) is 4.21. The number of nitrogens with zero attached hydrogens (tertiary/aromatic N) is 2. The Morgan fingerprint density at radius 1 is 1.00 bits per heavy atom. The molecule has 2 aliphatic heterocycles. The molecule has 2 unspecified atom stereocenters. The maximum Gasteiger partial charge on any atom is 0.214 e. The Balaban J connectivity index is 1.57. The Morgan fingerprint density at radius 3 is 2.52 bits per heavy atom. The molecule has 0 saturated carbocycles. The van der Waals surface area contributed by atoms with Crippen LogP contribution in [0.3, 0.4) is 0 Å². The third kappa shape index (κ3) is 3.52. The number of ether oxygens (including phenoxy) is 3. The summed E-state index contributed by atoms with van der Waals surface area (Å²) in [6.07, 6.45) is 0.371. The lowest BCUT2D eigenvalue weighted by atomic mass is 9.97. The summed E-state index contributed by atoms with van der Waals surface area (Å²) >= 11 is 0. The van der Waals surface area contributed by atoms with Crippen molar-refractivity contribution in [3.8, 4) is 17.2 Å². The number of hydrogen-bond acceptors (Lipinski definition) is 6. The van der Waals surface area contributed by atoms with Crippen molar-refractivity contribution in [2.75, 3.05) is 13.2 Å². The van der Waals surface area contributed by atoms with Gasteiger partial charge in [-0.25, -0.2) is 5.01 Å². The van der Waals surface area contributed by atoms with Crippen molar-refractivity contribution < 1.29 is 18.6 Å². The zero-order chi connectivity index (χ0) is 21.4. The van der Waals surface area contributed by atoms with Crippen LogP contribution in [0.1, 0.15) is 55.2 Å². The monoisotopic (exact) mass is 418 g/mol. The van der Waals surface area contributed by atoms with Gasteiger partial charge in [-0.15, -0.1) is 0 Å². The molecule has 160 valence electrons. The molecule has 0 aliphatic carbocycles. The average Bonchev–Trinajstić information content (AvgIpc) is 3.41. The average molecular weight is 418 g/mol. The van der Waals surface area contributed by atoms with Crippen molar-refractivity contribution in [1.29, 1.82) is 0 Å². The summed E-state index contributed by atoms with van der Waals surface area (Å²) in [4.78, 5) is 0. The van der Waals surface area contributed by atoms with E-state index in [2.05, 4.69) is 6.07 Å². The molecule has 5 rings (SSSR count). The molecule has 3 heterocycles. The molecule has 0 spiro atoms. The lowest BCUT2D eigenvalue weighted by Crippen LogP contribution is -2.33. The number of aryl methyl sites for hydroxylation is 1. The van der Waals surface area contributed by atoms with Crippen LogP contribution in [0.15, 0.2) is 64.1 Å². The SMILES string of the molecule is CCOc1ccc(C2Oc3c(OCC)cccc3C3CC(c4ccc(C)o4)=NN32)cc1. The van der Waals surface area contributed by atoms with Gasteiger partial charge in [-0.3, -0.25) is 0 Å². The molecule has 3 aromatic rings. The van der Waals surface area contributed by atoms with Gasteiger partial charge in [0.05, 0.1) is 19.3 Å². The van der Waals surface area contributed by atoms with Gasteiger partial charge in [0.25, 0.3) is 0 Å². The molecular formula is C25H26N2O4. The van der Waals surface area contributed by atoms with E-state index in [1.807, 2.05) is 74.3 Å². The maximum absolute atomic E-state index is 6.53. The molecule has 6 nitrogen and oxygen atoms in total. The summed E-state index contributed by atoms with van der Waals surface area (Å²) in [6.45, 7) is 7.12. The van der Waals surface area contributed by atoms with E-state index in [0.717, 1.165) is 52.0 Å². The number of hydrazone groups is 1. The van der Waals surface area contributed by atoms with Gasteiger partial charge in [0.2, 0.25) is 6.23 Å². The number of furan rings is 1. The molecule has 0 bridgehead atoms. The second-order valence-corrected chi connectivity index (χ2v) is 7.64. The first-order chi connectivity index (χ1) is 15.2. The van der Waals surface area contributed by atoms with Gasteiger partial charge in [0.15, 0.2) is 11.5 Å². The molecule has 1 aromatic heterocycles. The predicted molar refractivity (Wildman–Crippen MR) is 118 cm³/mol. The van der Waals surface area contributed by atoms with Crippen molar-refractivity contribution >= 4 is 5.71 Å². The van der Waals surface area contributed by atoms with Crippen LogP contribution in [-0.2, 0) is 0 Å². The molecule has 2 atom stereocenters. The minimum Gasteiger partial charge on any atom is -0.494 e. The summed E-state index contributed by atoms with van der Waals surface area (Å²) < 4.78 is 23.9. The van der Waals surface area contributed by atoms with Gasteiger partial charge in [-0.05, 0) is 63.2 Å². The molecule has 6 heteroatoms. The lowest BCUT2D eigenvalue weighted by molar-refractivity contribution is -0.0212. The third-order valence-electron chi connectivity index (χ3n) is 5.58. The summed E-state index contributed by atoms with van der Waals surface area (Å²) in [5.41, 5.74) is 3.01. The molecule has 2 aliphatic rings. The van der Waals surface area contributed by atoms with E-state index in [9.17, 15) is 0 Å². The highest BCUT2D eigenvalue weighted by atomic mass is 16.5. The molecular weight excluding hydrogens is 392 g/mol. The van der Waals surface area contributed by atoms with E-state index in [0.29, 0.717) is 13.2 Å². The first-order valence-corrected chi connectivity index (χ1v) is 10.8. The number of fused-ring (bicyclic) bond motifs is 3. The standard InChI is InChI=1S/C25H26N2O4/c1-4-28-18-12-10-17(11-13-18)25-27-21(15-20(26-27)22-14-9-16(3)30-22)19-7-6-8-23(29-5-2)24(19)31-25/h6-14,21,25H,4-5,15H2,1-3H3. The van der Waals surface area contributed by atoms with Crippen LogP contribution < -0.4 is 14.2 Å². The highest BCUT2D eigenvalue weighted by Gasteiger charge is 2.42. The Kier molecular flexibility index (Phi) is 5.06. The fraction of sp³-hybridized carbons (Fsp3) is 0.320. The van der Waals surface area contributed by atoms with Gasteiger partial charge in [-0.2, -0.15) is 5.10 Å². The van der Waals surface area contributed by atoms with E-state index in [4.69, 9.17) is 23.7 Å². The molecule has 31 heavy (non-hydrogen) atoms. The largest absolute Gasteiger partial charge is 0.494 e.